The topological polar surface area (TPSA) is 55.2 Å². The first-order valence-electron chi connectivity index (χ1n) is 6.27. The number of Topliss-reactive ketones (excluding diaryl/α,β-unsaturated/α-hetero) is 1. The molecule has 5 nitrogen and oxygen atoms in total. The summed E-state index contributed by atoms with van der Waals surface area (Å²) in [7, 11) is 0. The lowest BCUT2D eigenvalue weighted by molar-refractivity contribution is -0.114. The van der Waals surface area contributed by atoms with Crippen molar-refractivity contribution in [1.29, 1.82) is 0 Å². The smallest absolute Gasteiger partial charge is 0.299 e. The van der Waals surface area contributed by atoms with Crippen LogP contribution in [0.15, 0.2) is 30.6 Å². The highest BCUT2D eigenvalue weighted by molar-refractivity contribution is 6.52. The van der Waals surface area contributed by atoms with Gasteiger partial charge in [0.1, 0.15) is 5.82 Å². The Morgan fingerprint density at radius 1 is 1.30 bits per heavy atom. The Labute approximate surface area is 114 Å². The van der Waals surface area contributed by atoms with Crippen LogP contribution >= 0.6 is 0 Å². The van der Waals surface area contributed by atoms with E-state index in [2.05, 4.69) is 5.10 Å². The molecule has 1 aromatic heterocycles. The number of anilines is 1. The number of nitrogens with zero attached hydrogens (tertiary/aromatic N) is 3. The minimum atomic E-state index is -0.630. The van der Waals surface area contributed by atoms with E-state index in [0.29, 0.717) is 5.69 Å². The largest absolute Gasteiger partial charge is 0.300 e. The van der Waals surface area contributed by atoms with Crippen molar-refractivity contribution < 1.29 is 14.0 Å². The molecule has 0 N–H and O–H groups in total. The number of aryl methyl sites for hydroxylation is 1. The lowest BCUT2D eigenvalue weighted by atomic mass is 10.1. The zero-order valence-corrected chi connectivity index (χ0v) is 10.8. The molecule has 0 spiro atoms. The monoisotopic (exact) mass is 273 g/mol. The van der Waals surface area contributed by atoms with E-state index < -0.39 is 17.5 Å². The van der Waals surface area contributed by atoms with Crippen molar-refractivity contribution in [3.8, 4) is 0 Å². The van der Waals surface area contributed by atoms with Gasteiger partial charge in [0.05, 0.1) is 24.0 Å². The average Bonchev–Trinajstić information content (AvgIpc) is 2.98. The third kappa shape index (κ3) is 1.89. The standard InChI is InChI=1S/C14H12FN3O2/c1-2-17-7-9(6-16-17)8-18-12-5-10(15)3-4-11(12)13(19)14(18)20/h3-7H,2,8H2,1H3. The van der Waals surface area contributed by atoms with Gasteiger partial charge in [-0.15, -0.1) is 0 Å². The van der Waals surface area contributed by atoms with Crippen LogP contribution in [0.1, 0.15) is 22.8 Å². The molecule has 1 aromatic carbocycles. The van der Waals surface area contributed by atoms with Crippen LogP contribution in [0.4, 0.5) is 10.1 Å². The van der Waals surface area contributed by atoms with Crippen molar-refractivity contribution >= 4 is 17.4 Å². The molecule has 0 atom stereocenters. The zero-order chi connectivity index (χ0) is 14.3. The van der Waals surface area contributed by atoms with Gasteiger partial charge in [0.15, 0.2) is 0 Å². The van der Waals surface area contributed by atoms with Crippen LogP contribution < -0.4 is 4.90 Å². The molecule has 1 amide bonds. The minimum Gasteiger partial charge on any atom is -0.300 e. The van der Waals surface area contributed by atoms with Crippen molar-refractivity contribution in [1.82, 2.24) is 9.78 Å². The van der Waals surface area contributed by atoms with Crippen LogP contribution in [0, 0.1) is 5.82 Å². The van der Waals surface area contributed by atoms with Gasteiger partial charge in [0, 0.05) is 18.3 Å². The summed E-state index contributed by atoms with van der Waals surface area (Å²) < 4.78 is 15.0. The molecule has 1 aliphatic rings. The minimum absolute atomic E-state index is 0.209. The fraction of sp³-hybridized carbons (Fsp3) is 0.214. The van der Waals surface area contributed by atoms with E-state index in [1.165, 1.54) is 23.1 Å². The Morgan fingerprint density at radius 2 is 2.10 bits per heavy atom. The van der Waals surface area contributed by atoms with E-state index in [9.17, 15) is 14.0 Å². The summed E-state index contributed by atoms with van der Waals surface area (Å²) in [5.74, 6) is -1.70. The molecule has 20 heavy (non-hydrogen) atoms. The lowest BCUT2D eigenvalue weighted by Gasteiger charge is -2.15. The number of benzene rings is 1. The van der Waals surface area contributed by atoms with E-state index in [4.69, 9.17) is 0 Å². The number of halogens is 1. The maximum absolute atomic E-state index is 13.3. The Kier molecular flexibility index (Phi) is 2.85. The molecule has 0 fully saturated rings. The van der Waals surface area contributed by atoms with Gasteiger partial charge in [-0.05, 0) is 25.1 Å². The highest BCUT2D eigenvalue weighted by atomic mass is 19.1. The van der Waals surface area contributed by atoms with Crippen molar-refractivity contribution in [3.05, 3.63) is 47.5 Å². The number of carbonyl (C=O) groups is 2. The molecule has 2 aromatic rings. The third-order valence-electron chi connectivity index (χ3n) is 3.29. The molecule has 2 heterocycles. The highest BCUT2D eigenvalue weighted by Crippen LogP contribution is 2.30. The summed E-state index contributed by atoms with van der Waals surface area (Å²) in [6.45, 7) is 2.88. The van der Waals surface area contributed by atoms with Crippen molar-refractivity contribution in [3.63, 3.8) is 0 Å². The molecular weight excluding hydrogens is 261 g/mol. The second-order valence-corrected chi connectivity index (χ2v) is 4.59. The first-order chi connectivity index (χ1) is 9.60. The van der Waals surface area contributed by atoms with Gasteiger partial charge >= 0.3 is 0 Å². The molecule has 3 rings (SSSR count). The number of rotatable bonds is 3. The fourth-order valence-electron chi connectivity index (χ4n) is 2.27. The van der Waals surface area contributed by atoms with Gasteiger partial charge in [0.2, 0.25) is 0 Å². The maximum atomic E-state index is 13.3. The molecule has 1 aliphatic heterocycles. The predicted molar refractivity (Wildman–Crippen MR) is 69.8 cm³/mol. The second kappa shape index (κ2) is 4.56. The van der Waals surface area contributed by atoms with Crippen LogP contribution in [-0.2, 0) is 17.9 Å². The molecule has 0 bridgehead atoms. The van der Waals surface area contributed by atoms with Gasteiger partial charge in [-0.25, -0.2) is 4.39 Å². The molecule has 0 aliphatic carbocycles. The molecule has 6 heteroatoms. The Balaban J connectivity index is 1.96. The summed E-state index contributed by atoms with van der Waals surface area (Å²) in [5, 5.41) is 4.11. The highest BCUT2D eigenvalue weighted by Gasteiger charge is 2.36. The molecule has 0 saturated heterocycles. The van der Waals surface area contributed by atoms with E-state index in [1.807, 2.05) is 6.92 Å². The van der Waals surface area contributed by atoms with Crippen LogP contribution in [0.2, 0.25) is 0 Å². The van der Waals surface area contributed by atoms with Gasteiger partial charge in [-0.3, -0.25) is 14.3 Å². The quantitative estimate of drug-likeness (QED) is 0.801. The number of fused-ring (bicyclic) bond motifs is 1. The Bertz CT molecular complexity index is 708. The van der Waals surface area contributed by atoms with E-state index in [1.54, 1.807) is 17.1 Å². The van der Waals surface area contributed by atoms with E-state index in [0.717, 1.165) is 12.1 Å². The number of hydrogen-bond acceptors (Lipinski definition) is 3. The molecule has 102 valence electrons. The van der Waals surface area contributed by atoms with Crippen molar-refractivity contribution in [2.24, 2.45) is 0 Å². The van der Waals surface area contributed by atoms with Crippen LogP contribution in [0.3, 0.4) is 0 Å². The number of ketones is 1. The molecule has 0 unspecified atom stereocenters. The van der Waals surface area contributed by atoms with Gasteiger partial charge in [-0.2, -0.15) is 5.10 Å². The maximum Gasteiger partial charge on any atom is 0.299 e. The normalized spacial score (nSPS) is 14.0. The number of hydrogen-bond donors (Lipinski definition) is 0. The Hall–Kier alpha value is -2.50. The molecular formula is C14H12FN3O2. The van der Waals surface area contributed by atoms with Crippen molar-refractivity contribution in [2.75, 3.05) is 4.90 Å². The van der Waals surface area contributed by atoms with Crippen LogP contribution in [0.25, 0.3) is 0 Å². The number of carbonyl (C=O) groups excluding carboxylic acids is 2. The zero-order valence-electron chi connectivity index (χ0n) is 10.8. The first-order valence-corrected chi connectivity index (χ1v) is 6.27. The van der Waals surface area contributed by atoms with Gasteiger partial charge < -0.3 is 4.90 Å². The second-order valence-electron chi connectivity index (χ2n) is 4.59. The fourth-order valence-corrected chi connectivity index (χ4v) is 2.27. The summed E-state index contributed by atoms with van der Waals surface area (Å²) in [5.41, 5.74) is 1.37. The Morgan fingerprint density at radius 3 is 2.80 bits per heavy atom. The van der Waals surface area contributed by atoms with E-state index >= 15 is 0 Å². The summed E-state index contributed by atoms with van der Waals surface area (Å²) in [6.07, 6.45) is 3.44. The number of aromatic nitrogens is 2. The summed E-state index contributed by atoms with van der Waals surface area (Å²) in [6, 6.07) is 3.74. The third-order valence-corrected chi connectivity index (χ3v) is 3.29. The van der Waals surface area contributed by atoms with Crippen molar-refractivity contribution in [2.45, 2.75) is 20.0 Å². The lowest BCUT2D eigenvalue weighted by Crippen LogP contribution is -2.29. The summed E-state index contributed by atoms with van der Waals surface area (Å²) >= 11 is 0. The molecule has 0 radical (unpaired) electrons. The van der Waals surface area contributed by atoms with E-state index in [-0.39, 0.29) is 12.1 Å². The first kappa shape index (κ1) is 12.5. The van der Waals surface area contributed by atoms with Crippen LogP contribution in [-0.4, -0.2) is 21.5 Å². The van der Waals surface area contributed by atoms with Gasteiger partial charge in [-0.1, -0.05) is 0 Å². The predicted octanol–water partition coefficient (Wildman–Crippen LogP) is 1.77. The summed E-state index contributed by atoms with van der Waals surface area (Å²) in [4.78, 5) is 25.1. The van der Waals surface area contributed by atoms with Crippen LogP contribution in [0.5, 0.6) is 0 Å². The molecule has 0 saturated carbocycles. The number of amides is 1. The van der Waals surface area contributed by atoms with Gasteiger partial charge in [0.25, 0.3) is 11.7 Å². The SMILES string of the molecule is CCn1cc(CN2C(=O)C(=O)c3ccc(F)cc32)cn1. The average molecular weight is 273 g/mol.